The molecule has 3 N–H and O–H groups in total. The van der Waals surface area contributed by atoms with Crippen molar-refractivity contribution in [2.45, 2.75) is 32.6 Å². The van der Waals surface area contributed by atoms with Gasteiger partial charge in [0.2, 0.25) is 0 Å². The van der Waals surface area contributed by atoms with Gasteiger partial charge in [0.15, 0.2) is 0 Å². The minimum absolute atomic E-state index is 0.0153. The van der Waals surface area contributed by atoms with E-state index >= 15 is 0 Å². The molecular weight excluding hydrogens is 262 g/mol. The predicted octanol–water partition coefficient (Wildman–Crippen LogP) is 2.71. The van der Waals surface area contributed by atoms with Gasteiger partial charge in [-0.2, -0.15) is 0 Å². The van der Waals surface area contributed by atoms with Crippen LogP contribution in [0.4, 0.5) is 10.5 Å². The van der Waals surface area contributed by atoms with Crippen LogP contribution in [0.5, 0.6) is 0 Å². The van der Waals surface area contributed by atoms with E-state index in [1.54, 1.807) is 0 Å². The number of hydrogen-bond donors (Lipinski definition) is 2. The molecule has 0 saturated carbocycles. The van der Waals surface area contributed by atoms with Crippen LogP contribution in [0.1, 0.15) is 36.8 Å². The van der Waals surface area contributed by atoms with Crippen LogP contribution in [0.2, 0.25) is 0 Å². The molecule has 21 heavy (non-hydrogen) atoms. The van der Waals surface area contributed by atoms with Gasteiger partial charge in [0.05, 0.1) is 6.54 Å². The van der Waals surface area contributed by atoms with Crippen molar-refractivity contribution < 1.29 is 4.79 Å². The van der Waals surface area contributed by atoms with Crippen molar-refractivity contribution in [1.82, 2.24) is 4.90 Å². The minimum Gasteiger partial charge on any atom is -0.325 e. The second-order valence-corrected chi connectivity index (χ2v) is 5.37. The number of urea groups is 1. The highest BCUT2D eigenvalue weighted by atomic mass is 16.2. The number of nitrogens with two attached hydrogens (primary N) is 1. The largest absolute Gasteiger partial charge is 0.325 e. The lowest BCUT2D eigenvalue weighted by molar-refractivity contribution is 0.214. The van der Waals surface area contributed by atoms with Crippen molar-refractivity contribution in [2.24, 2.45) is 5.73 Å². The summed E-state index contributed by atoms with van der Waals surface area (Å²) in [5.41, 5.74) is 8.19. The molecule has 1 aromatic rings. The van der Waals surface area contributed by atoms with E-state index in [2.05, 4.69) is 17.2 Å². The summed E-state index contributed by atoms with van der Waals surface area (Å²) in [5, 5.41) is 2.97. The second-order valence-electron chi connectivity index (χ2n) is 5.37. The minimum atomic E-state index is -0.0153. The van der Waals surface area contributed by atoms with Gasteiger partial charge in [-0.3, -0.25) is 0 Å². The first kappa shape index (κ1) is 15.4. The average molecular weight is 285 g/mol. The lowest BCUT2D eigenvalue weighted by Crippen LogP contribution is -2.35. The van der Waals surface area contributed by atoms with E-state index in [1.165, 1.54) is 12.8 Å². The molecule has 2 amide bonds. The number of rotatable bonds is 1. The Balaban J connectivity index is 2.06. The summed E-state index contributed by atoms with van der Waals surface area (Å²) >= 11 is 0. The maximum Gasteiger partial charge on any atom is 0.321 e. The molecule has 1 saturated heterocycles. The monoisotopic (exact) mass is 285 g/mol. The fourth-order valence-electron chi connectivity index (χ4n) is 2.46. The molecule has 1 aromatic carbocycles. The summed E-state index contributed by atoms with van der Waals surface area (Å²) in [6.07, 6.45) is 4.61. The number of benzene rings is 1. The first-order valence-corrected chi connectivity index (χ1v) is 7.56. The smallest absolute Gasteiger partial charge is 0.321 e. The van der Waals surface area contributed by atoms with Crippen LogP contribution in [0.15, 0.2) is 18.2 Å². The van der Waals surface area contributed by atoms with Gasteiger partial charge in [0.1, 0.15) is 0 Å². The van der Waals surface area contributed by atoms with Crippen LogP contribution in [0.3, 0.4) is 0 Å². The topological polar surface area (TPSA) is 58.4 Å². The predicted molar refractivity (Wildman–Crippen MR) is 86.2 cm³/mol. The van der Waals surface area contributed by atoms with Crippen molar-refractivity contribution in [1.29, 1.82) is 0 Å². The maximum absolute atomic E-state index is 12.3. The van der Waals surface area contributed by atoms with E-state index in [0.29, 0.717) is 6.54 Å². The highest BCUT2D eigenvalue weighted by Gasteiger charge is 2.15. The summed E-state index contributed by atoms with van der Waals surface area (Å²) in [6, 6.07) is 5.78. The van der Waals surface area contributed by atoms with Crippen LogP contribution in [-0.2, 0) is 0 Å². The number of nitrogens with zero attached hydrogens (tertiary/aromatic N) is 1. The Morgan fingerprint density at radius 1 is 1.29 bits per heavy atom. The van der Waals surface area contributed by atoms with Crippen molar-refractivity contribution in [3.05, 3.63) is 29.3 Å². The number of carbonyl (C=O) groups is 1. The summed E-state index contributed by atoms with van der Waals surface area (Å²) in [6.45, 7) is 4.03. The quantitative estimate of drug-likeness (QED) is 0.779. The Morgan fingerprint density at radius 3 is 2.67 bits per heavy atom. The van der Waals surface area contributed by atoms with Crippen LogP contribution < -0.4 is 11.1 Å². The van der Waals surface area contributed by atoms with E-state index in [4.69, 9.17) is 5.73 Å². The zero-order valence-corrected chi connectivity index (χ0v) is 12.6. The number of anilines is 1. The van der Waals surface area contributed by atoms with E-state index in [0.717, 1.165) is 42.7 Å². The average Bonchev–Trinajstić information content (AvgIpc) is 2.77. The Bertz CT molecular complexity index is 549. The number of nitrogens with one attached hydrogen (secondary N) is 1. The fourth-order valence-corrected chi connectivity index (χ4v) is 2.46. The third-order valence-corrected chi connectivity index (χ3v) is 3.71. The summed E-state index contributed by atoms with van der Waals surface area (Å²) in [7, 11) is 0. The molecule has 0 aromatic heterocycles. The van der Waals surface area contributed by atoms with Gasteiger partial charge >= 0.3 is 6.03 Å². The normalized spacial score (nSPS) is 14.9. The van der Waals surface area contributed by atoms with Crippen molar-refractivity contribution in [2.75, 3.05) is 25.0 Å². The second kappa shape index (κ2) is 7.70. The third-order valence-electron chi connectivity index (χ3n) is 3.71. The molecule has 0 unspecified atom stereocenters. The Kier molecular flexibility index (Phi) is 5.65. The highest BCUT2D eigenvalue weighted by Crippen LogP contribution is 2.16. The van der Waals surface area contributed by atoms with E-state index in [9.17, 15) is 4.79 Å². The van der Waals surface area contributed by atoms with Crippen LogP contribution in [0.25, 0.3) is 0 Å². The molecule has 4 nitrogen and oxygen atoms in total. The number of carbonyl (C=O) groups excluding carboxylic acids is 1. The molecule has 0 radical (unpaired) electrons. The van der Waals surface area contributed by atoms with Crippen LogP contribution in [-0.4, -0.2) is 30.6 Å². The van der Waals surface area contributed by atoms with Gasteiger partial charge in [-0.15, -0.1) is 0 Å². The number of likely N-dealkylation sites (tertiary alicyclic amines) is 1. The Labute approximate surface area is 126 Å². The van der Waals surface area contributed by atoms with Crippen molar-refractivity contribution in [3.63, 3.8) is 0 Å². The van der Waals surface area contributed by atoms with Gasteiger partial charge < -0.3 is 16.0 Å². The van der Waals surface area contributed by atoms with Crippen molar-refractivity contribution in [3.8, 4) is 11.8 Å². The van der Waals surface area contributed by atoms with Gasteiger partial charge in [0.25, 0.3) is 0 Å². The number of amides is 2. The lowest BCUT2D eigenvalue weighted by atomic mass is 10.1. The van der Waals surface area contributed by atoms with Gasteiger partial charge in [0, 0.05) is 24.3 Å². The van der Waals surface area contributed by atoms with Crippen LogP contribution in [0, 0.1) is 18.8 Å². The van der Waals surface area contributed by atoms with Gasteiger partial charge in [-0.05, 0) is 37.5 Å². The molecule has 1 heterocycles. The van der Waals surface area contributed by atoms with E-state index in [-0.39, 0.29) is 6.03 Å². The zero-order valence-electron chi connectivity index (χ0n) is 12.6. The molecule has 1 aliphatic rings. The molecule has 0 atom stereocenters. The lowest BCUT2D eigenvalue weighted by Gasteiger charge is -2.21. The molecule has 2 rings (SSSR count). The molecule has 0 spiro atoms. The zero-order chi connectivity index (χ0) is 15.1. The SMILES string of the molecule is Cc1ccc(NC(=O)N2CCCCCC2)cc1C#CCN. The standard InChI is InChI=1S/C17H23N3O/c1-14-8-9-16(13-15(14)7-6-10-18)19-17(21)20-11-4-2-3-5-12-20/h8-9,13H,2-5,10-12,18H2,1H3,(H,19,21). The van der Waals surface area contributed by atoms with Gasteiger partial charge in [-0.1, -0.05) is 30.7 Å². The summed E-state index contributed by atoms with van der Waals surface area (Å²) in [4.78, 5) is 14.2. The number of aryl methyl sites for hydroxylation is 1. The van der Waals surface area contributed by atoms with E-state index in [1.807, 2.05) is 30.0 Å². The molecular formula is C17H23N3O. The molecule has 4 heteroatoms. The first-order chi connectivity index (χ1) is 10.2. The maximum atomic E-state index is 12.3. The molecule has 112 valence electrons. The highest BCUT2D eigenvalue weighted by molar-refractivity contribution is 5.89. The molecule has 1 aliphatic heterocycles. The Morgan fingerprint density at radius 2 is 2.00 bits per heavy atom. The first-order valence-electron chi connectivity index (χ1n) is 7.56. The fraction of sp³-hybridized carbons (Fsp3) is 0.471. The van der Waals surface area contributed by atoms with Crippen molar-refractivity contribution >= 4 is 11.7 Å². The van der Waals surface area contributed by atoms with Crippen LogP contribution >= 0.6 is 0 Å². The van der Waals surface area contributed by atoms with Gasteiger partial charge in [-0.25, -0.2) is 4.79 Å². The number of hydrogen-bond acceptors (Lipinski definition) is 2. The molecule has 0 bridgehead atoms. The summed E-state index contributed by atoms with van der Waals surface area (Å²) < 4.78 is 0. The van der Waals surface area contributed by atoms with E-state index < -0.39 is 0 Å². The summed E-state index contributed by atoms with van der Waals surface area (Å²) in [5.74, 6) is 5.89. The third kappa shape index (κ3) is 4.51. The molecule has 0 aliphatic carbocycles. The molecule has 1 fully saturated rings. The Hall–Kier alpha value is -1.99.